The standard InChI is InChI=1S/C16H17BrClN3O2/c17-12-9-19-16(20-10-3-6-15(22)13(18)8-10)21-14(12)5-4-11-2-1-7-23-11/h3,6,8-9,11,22H,1-2,4-5,7H2,(H,19,20,21). The second-order valence-electron chi connectivity index (χ2n) is 5.45. The van der Waals surface area contributed by atoms with Crippen LogP contribution in [0.15, 0.2) is 28.9 Å². The van der Waals surface area contributed by atoms with Crippen LogP contribution in [-0.2, 0) is 11.2 Å². The number of nitrogens with zero attached hydrogens (tertiary/aromatic N) is 2. The number of phenolic OH excluding ortho intramolecular Hbond substituents is 1. The zero-order chi connectivity index (χ0) is 16.2. The maximum Gasteiger partial charge on any atom is 0.227 e. The van der Waals surface area contributed by atoms with Crippen LogP contribution in [0.25, 0.3) is 0 Å². The van der Waals surface area contributed by atoms with E-state index in [9.17, 15) is 5.11 Å². The van der Waals surface area contributed by atoms with Crippen LogP contribution in [0.3, 0.4) is 0 Å². The Balaban J connectivity index is 1.69. The van der Waals surface area contributed by atoms with Crippen LogP contribution in [0.5, 0.6) is 5.75 Å². The first-order valence-corrected chi connectivity index (χ1v) is 8.67. The lowest BCUT2D eigenvalue weighted by Gasteiger charge is -2.11. The van der Waals surface area contributed by atoms with Gasteiger partial charge in [0.05, 0.1) is 21.3 Å². The maximum absolute atomic E-state index is 9.46. The van der Waals surface area contributed by atoms with Crippen molar-refractivity contribution < 1.29 is 9.84 Å². The zero-order valence-corrected chi connectivity index (χ0v) is 14.8. The van der Waals surface area contributed by atoms with Crippen molar-refractivity contribution in [1.29, 1.82) is 0 Å². The van der Waals surface area contributed by atoms with Crippen molar-refractivity contribution in [1.82, 2.24) is 9.97 Å². The second kappa shape index (κ2) is 7.47. The fraction of sp³-hybridized carbons (Fsp3) is 0.375. The van der Waals surface area contributed by atoms with E-state index in [1.54, 1.807) is 18.3 Å². The summed E-state index contributed by atoms with van der Waals surface area (Å²) in [6.45, 7) is 0.865. The van der Waals surface area contributed by atoms with Crippen molar-refractivity contribution in [2.75, 3.05) is 11.9 Å². The number of benzene rings is 1. The second-order valence-corrected chi connectivity index (χ2v) is 6.71. The molecule has 1 saturated heterocycles. The SMILES string of the molecule is Oc1ccc(Nc2ncc(Br)c(CCC3CCCO3)n2)cc1Cl. The van der Waals surface area contributed by atoms with Gasteiger partial charge >= 0.3 is 0 Å². The summed E-state index contributed by atoms with van der Waals surface area (Å²) < 4.78 is 6.55. The van der Waals surface area contributed by atoms with E-state index >= 15 is 0 Å². The van der Waals surface area contributed by atoms with Gasteiger partial charge in [0.25, 0.3) is 0 Å². The van der Waals surface area contributed by atoms with Gasteiger partial charge in [-0.15, -0.1) is 0 Å². The first-order valence-electron chi connectivity index (χ1n) is 7.50. The Bertz CT molecular complexity index is 693. The Morgan fingerprint density at radius 2 is 2.30 bits per heavy atom. The van der Waals surface area contributed by atoms with Gasteiger partial charge in [-0.2, -0.15) is 0 Å². The largest absolute Gasteiger partial charge is 0.506 e. The smallest absolute Gasteiger partial charge is 0.227 e. The molecule has 0 aliphatic carbocycles. The van der Waals surface area contributed by atoms with Gasteiger partial charge in [-0.1, -0.05) is 11.6 Å². The van der Waals surface area contributed by atoms with Gasteiger partial charge in [0, 0.05) is 18.5 Å². The minimum absolute atomic E-state index is 0.0474. The predicted molar refractivity (Wildman–Crippen MR) is 93.4 cm³/mol. The van der Waals surface area contributed by atoms with Crippen LogP contribution in [0, 0.1) is 0 Å². The minimum atomic E-state index is 0.0474. The molecule has 3 rings (SSSR count). The van der Waals surface area contributed by atoms with E-state index < -0.39 is 0 Å². The highest BCUT2D eigenvalue weighted by atomic mass is 79.9. The third-order valence-electron chi connectivity index (χ3n) is 3.75. The number of anilines is 2. The minimum Gasteiger partial charge on any atom is -0.506 e. The number of hydrogen-bond donors (Lipinski definition) is 2. The van der Waals surface area contributed by atoms with Crippen molar-refractivity contribution in [3.8, 4) is 5.75 Å². The highest BCUT2D eigenvalue weighted by molar-refractivity contribution is 9.10. The molecule has 5 nitrogen and oxygen atoms in total. The van der Waals surface area contributed by atoms with E-state index in [2.05, 4.69) is 31.2 Å². The molecule has 2 heterocycles. The van der Waals surface area contributed by atoms with E-state index in [0.717, 1.165) is 48.1 Å². The van der Waals surface area contributed by atoms with Gasteiger partial charge in [-0.05, 0) is 59.8 Å². The summed E-state index contributed by atoms with van der Waals surface area (Å²) in [7, 11) is 0. The van der Waals surface area contributed by atoms with Crippen molar-refractivity contribution in [3.05, 3.63) is 39.6 Å². The van der Waals surface area contributed by atoms with Gasteiger partial charge in [-0.3, -0.25) is 0 Å². The van der Waals surface area contributed by atoms with E-state index in [-0.39, 0.29) is 10.8 Å². The summed E-state index contributed by atoms with van der Waals surface area (Å²) in [6.07, 6.45) is 6.13. The molecular weight excluding hydrogens is 382 g/mol. The molecule has 1 aliphatic rings. The molecule has 1 fully saturated rings. The number of rotatable bonds is 5. The zero-order valence-electron chi connectivity index (χ0n) is 12.4. The van der Waals surface area contributed by atoms with Crippen LogP contribution >= 0.6 is 27.5 Å². The third kappa shape index (κ3) is 4.34. The number of aromatic nitrogens is 2. The van der Waals surface area contributed by atoms with E-state index in [1.807, 2.05) is 0 Å². The fourth-order valence-corrected chi connectivity index (χ4v) is 3.09. The van der Waals surface area contributed by atoms with Gasteiger partial charge < -0.3 is 15.2 Å². The number of phenols is 1. The summed E-state index contributed by atoms with van der Waals surface area (Å²) in [5.74, 6) is 0.545. The molecule has 0 radical (unpaired) electrons. The quantitative estimate of drug-likeness (QED) is 0.728. The van der Waals surface area contributed by atoms with Gasteiger partial charge in [-0.25, -0.2) is 9.97 Å². The van der Waals surface area contributed by atoms with Gasteiger partial charge in [0.15, 0.2) is 0 Å². The molecule has 2 aromatic rings. The molecule has 0 spiro atoms. The Morgan fingerprint density at radius 1 is 1.43 bits per heavy atom. The van der Waals surface area contributed by atoms with E-state index in [0.29, 0.717) is 12.1 Å². The summed E-state index contributed by atoms with van der Waals surface area (Å²) in [5.41, 5.74) is 1.67. The summed E-state index contributed by atoms with van der Waals surface area (Å²) in [5, 5.41) is 12.8. The molecule has 1 aromatic heterocycles. The molecule has 23 heavy (non-hydrogen) atoms. The Labute approximate surface area is 148 Å². The normalized spacial score (nSPS) is 17.4. The molecule has 122 valence electrons. The van der Waals surface area contributed by atoms with Crippen LogP contribution in [0.4, 0.5) is 11.6 Å². The highest BCUT2D eigenvalue weighted by Gasteiger charge is 2.16. The molecule has 7 heteroatoms. The Hall–Kier alpha value is -1.37. The highest BCUT2D eigenvalue weighted by Crippen LogP contribution is 2.28. The summed E-state index contributed by atoms with van der Waals surface area (Å²) >= 11 is 9.41. The number of halogens is 2. The van der Waals surface area contributed by atoms with Crippen LogP contribution in [0.1, 0.15) is 25.0 Å². The lowest BCUT2D eigenvalue weighted by Crippen LogP contribution is -2.08. The first kappa shape index (κ1) is 16.5. The lowest BCUT2D eigenvalue weighted by atomic mass is 10.1. The molecule has 1 aromatic carbocycles. The molecule has 1 unspecified atom stereocenters. The van der Waals surface area contributed by atoms with Crippen LogP contribution < -0.4 is 5.32 Å². The molecule has 2 N–H and O–H groups in total. The van der Waals surface area contributed by atoms with E-state index in [1.165, 1.54) is 6.07 Å². The van der Waals surface area contributed by atoms with Crippen molar-refractivity contribution in [2.45, 2.75) is 31.8 Å². The molecule has 0 amide bonds. The number of hydrogen-bond acceptors (Lipinski definition) is 5. The van der Waals surface area contributed by atoms with Crippen molar-refractivity contribution in [2.24, 2.45) is 0 Å². The monoisotopic (exact) mass is 397 g/mol. The Kier molecular flexibility index (Phi) is 5.35. The van der Waals surface area contributed by atoms with Crippen LogP contribution in [0.2, 0.25) is 5.02 Å². The average Bonchev–Trinajstić information content (AvgIpc) is 3.05. The average molecular weight is 399 g/mol. The lowest BCUT2D eigenvalue weighted by molar-refractivity contribution is 0.104. The van der Waals surface area contributed by atoms with Gasteiger partial charge in [0.2, 0.25) is 5.95 Å². The molecular formula is C16H17BrClN3O2. The van der Waals surface area contributed by atoms with Crippen LogP contribution in [-0.4, -0.2) is 27.8 Å². The number of ether oxygens (including phenoxy) is 1. The van der Waals surface area contributed by atoms with Gasteiger partial charge in [0.1, 0.15) is 5.75 Å². The molecule has 1 aliphatic heterocycles. The number of aryl methyl sites for hydroxylation is 1. The number of aromatic hydroxyl groups is 1. The summed E-state index contributed by atoms with van der Waals surface area (Å²) in [4.78, 5) is 8.81. The molecule has 0 saturated carbocycles. The first-order chi connectivity index (χ1) is 11.1. The maximum atomic E-state index is 9.46. The predicted octanol–water partition coefficient (Wildman–Crippen LogP) is 4.45. The fourth-order valence-electron chi connectivity index (χ4n) is 2.52. The third-order valence-corrected chi connectivity index (χ3v) is 4.71. The Morgan fingerprint density at radius 3 is 3.04 bits per heavy atom. The summed E-state index contributed by atoms with van der Waals surface area (Å²) in [6, 6.07) is 4.88. The molecule has 0 bridgehead atoms. The van der Waals surface area contributed by atoms with Crippen molar-refractivity contribution >= 4 is 39.2 Å². The topological polar surface area (TPSA) is 67.3 Å². The van der Waals surface area contributed by atoms with E-state index in [4.69, 9.17) is 16.3 Å². The molecule has 1 atom stereocenters. The van der Waals surface area contributed by atoms with Crippen molar-refractivity contribution in [3.63, 3.8) is 0 Å². The number of nitrogens with one attached hydrogen (secondary N) is 1.